The number of benzene rings is 1. The summed E-state index contributed by atoms with van der Waals surface area (Å²) in [6.45, 7) is 8.87. The number of hydrogen-bond donors (Lipinski definition) is 0. The molecule has 1 fully saturated rings. The van der Waals surface area contributed by atoms with Crippen molar-refractivity contribution in [3.8, 4) is 0 Å². The van der Waals surface area contributed by atoms with E-state index in [9.17, 15) is 4.79 Å². The van der Waals surface area contributed by atoms with Crippen LogP contribution in [0.2, 0.25) is 0 Å². The summed E-state index contributed by atoms with van der Waals surface area (Å²) < 4.78 is 5.46. The Labute approximate surface area is 121 Å². The molecule has 1 aromatic carbocycles. The lowest BCUT2D eigenvalue weighted by atomic mass is 9.93. The van der Waals surface area contributed by atoms with Crippen LogP contribution < -0.4 is 0 Å². The maximum atomic E-state index is 12.2. The van der Waals surface area contributed by atoms with Crippen LogP contribution in [0.1, 0.15) is 39.2 Å². The van der Waals surface area contributed by atoms with Crippen LogP contribution >= 0.6 is 0 Å². The molecule has 1 atom stereocenters. The number of ether oxygens (including phenoxy) is 1. The van der Waals surface area contributed by atoms with Crippen LogP contribution in [-0.2, 0) is 16.1 Å². The summed E-state index contributed by atoms with van der Waals surface area (Å²) in [5.41, 5.74) is 1.17. The van der Waals surface area contributed by atoms with Crippen molar-refractivity contribution in [2.24, 2.45) is 5.92 Å². The standard InChI is InChI=1S/C17H25NO2/c1-17(2,3)18-11-7-10-15(12-18)16(19)20-13-14-8-5-4-6-9-14/h4-6,8-9,15H,7,10-13H2,1-3H3. The lowest BCUT2D eigenvalue weighted by Gasteiger charge is -2.40. The Bertz CT molecular complexity index is 436. The molecule has 1 aliphatic heterocycles. The number of likely N-dealkylation sites (tertiary alicyclic amines) is 1. The Morgan fingerprint density at radius 2 is 2.00 bits per heavy atom. The van der Waals surface area contributed by atoms with E-state index in [1.165, 1.54) is 0 Å². The predicted molar refractivity (Wildman–Crippen MR) is 80.3 cm³/mol. The Balaban J connectivity index is 1.86. The molecule has 2 rings (SSSR count). The van der Waals surface area contributed by atoms with Crippen molar-refractivity contribution in [3.05, 3.63) is 35.9 Å². The maximum absolute atomic E-state index is 12.2. The first-order valence-corrected chi connectivity index (χ1v) is 7.42. The topological polar surface area (TPSA) is 29.5 Å². The third-order valence-corrected chi connectivity index (χ3v) is 3.93. The van der Waals surface area contributed by atoms with E-state index >= 15 is 0 Å². The smallest absolute Gasteiger partial charge is 0.310 e. The van der Waals surface area contributed by atoms with Gasteiger partial charge in [0.25, 0.3) is 0 Å². The molecule has 20 heavy (non-hydrogen) atoms. The molecule has 0 radical (unpaired) electrons. The molecule has 0 bridgehead atoms. The molecular formula is C17H25NO2. The summed E-state index contributed by atoms with van der Waals surface area (Å²) in [5.74, 6) is -0.0329. The zero-order valence-corrected chi connectivity index (χ0v) is 12.8. The third-order valence-electron chi connectivity index (χ3n) is 3.93. The molecule has 1 saturated heterocycles. The number of nitrogens with zero attached hydrogens (tertiary/aromatic N) is 1. The zero-order chi connectivity index (χ0) is 14.6. The fraction of sp³-hybridized carbons (Fsp3) is 0.588. The molecule has 0 amide bonds. The molecule has 1 heterocycles. The van der Waals surface area contributed by atoms with Crippen LogP contribution in [0.5, 0.6) is 0 Å². The Morgan fingerprint density at radius 3 is 2.65 bits per heavy atom. The first kappa shape index (κ1) is 15.0. The van der Waals surface area contributed by atoms with Gasteiger partial charge in [0.15, 0.2) is 0 Å². The van der Waals surface area contributed by atoms with Crippen LogP contribution in [0.25, 0.3) is 0 Å². The van der Waals surface area contributed by atoms with Gasteiger partial charge < -0.3 is 4.74 Å². The fourth-order valence-corrected chi connectivity index (χ4v) is 2.63. The molecule has 0 aromatic heterocycles. The minimum absolute atomic E-state index is 0.0201. The highest BCUT2D eigenvalue weighted by molar-refractivity contribution is 5.72. The van der Waals surface area contributed by atoms with Gasteiger partial charge in [0.05, 0.1) is 5.92 Å². The predicted octanol–water partition coefficient (Wildman–Crippen LogP) is 3.24. The van der Waals surface area contributed by atoms with Crippen molar-refractivity contribution in [3.63, 3.8) is 0 Å². The third kappa shape index (κ3) is 4.07. The van der Waals surface area contributed by atoms with Crippen molar-refractivity contribution in [1.82, 2.24) is 4.90 Å². The van der Waals surface area contributed by atoms with Gasteiger partial charge in [0.2, 0.25) is 0 Å². The molecule has 1 unspecified atom stereocenters. The van der Waals surface area contributed by atoms with E-state index in [4.69, 9.17) is 4.74 Å². The average Bonchev–Trinajstić information content (AvgIpc) is 2.45. The summed E-state index contributed by atoms with van der Waals surface area (Å²) in [4.78, 5) is 14.6. The number of carbonyl (C=O) groups excluding carboxylic acids is 1. The summed E-state index contributed by atoms with van der Waals surface area (Å²) in [7, 11) is 0. The molecule has 0 N–H and O–H groups in total. The first-order chi connectivity index (χ1) is 9.47. The maximum Gasteiger partial charge on any atom is 0.310 e. The monoisotopic (exact) mass is 275 g/mol. The van der Waals surface area contributed by atoms with E-state index < -0.39 is 0 Å². The second-order valence-electron chi connectivity index (χ2n) is 6.55. The Kier molecular flexibility index (Phi) is 4.81. The van der Waals surface area contributed by atoms with Crippen molar-refractivity contribution in [2.45, 2.75) is 45.8 Å². The normalized spacial score (nSPS) is 20.6. The van der Waals surface area contributed by atoms with Crippen molar-refractivity contribution in [1.29, 1.82) is 0 Å². The van der Waals surface area contributed by atoms with Gasteiger partial charge in [-0.3, -0.25) is 9.69 Å². The highest BCUT2D eigenvalue weighted by atomic mass is 16.5. The van der Waals surface area contributed by atoms with Crippen molar-refractivity contribution in [2.75, 3.05) is 13.1 Å². The van der Waals surface area contributed by atoms with Gasteiger partial charge in [-0.15, -0.1) is 0 Å². The van der Waals surface area contributed by atoms with Crippen molar-refractivity contribution < 1.29 is 9.53 Å². The van der Waals surface area contributed by atoms with Gasteiger partial charge in [-0.1, -0.05) is 30.3 Å². The SMILES string of the molecule is CC(C)(C)N1CCCC(C(=O)OCc2ccccc2)C1. The molecule has 1 aliphatic rings. The summed E-state index contributed by atoms with van der Waals surface area (Å²) >= 11 is 0. The van der Waals surface area contributed by atoms with E-state index in [1.807, 2.05) is 30.3 Å². The van der Waals surface area contributed by atoms with E-state index in [1.54, 1.807) is 0 Å². The van der Waals surface area contributed by atoms with E-state index in [0.717, 1.165) is 31.5 Å². The first-order valence-electron chi connectivity index (χ1n) is 7.42. The molecule has 1 aromatic rings. The molecule has 0 aliphatic carbocycles. The molecule has 0 saturated carbocycles. The van der Waals surface area contributed by atoms with E-state index in [-0.39, 0.29) is 17.4 Å². The van der Waals surface area contributed by atoms with Gasteiger partial charge in [-0.2, -0.15) is 0 Å². The second-order valence-corrected chi connectivity index (χ2v) is 6.55. The Morgan fingerprint density at radius 1 is 1.30 bits per heavy atom. The van der Waals surface area contributed by atoms with E-state index in [0.29, 0.717) is 6.61 Å². The van der Waals surface area contributed by atoms with Gasteiger partial charge in [-0.05, 0) is 45.7 Å². The minimum Gasteiger partial charge on any atom is -0.461 e. The van der Waals surface area contributed by atoms with Crippen molar-refractivity contribution >= 4 is 5.97 Å². The van der Waals surface area contributed by atoms with Crippen LogP contribution in [-0.4, -0.2) is 29.5 Å². The largest absolute Gasteiger partial charge is 0.461 e. The molecular weight excluding hydrogens is 250 g/mol. The lowest BCUT2D eigenvalue weighted by molar-refractivity contribution is -0.152. The second kappa shape index (κ2) is 6.40. The number of rotatable bonds is 3. The van der Waals surface area contributed by atoms with Gasteiger partial charge >= 0.3 is 5.97 Å². The summed E-state index contributed by atoms with van der Waals surface area (Å²) in [5, 5.41) is 0. The Hall–Kier alpha value is -1.35. The van der Waals surface area contributed by atoms with Crippen LogP contribution in [0.3, 0.4) is 0 Å². The number of piperidine rings is 1. The highest BCUT2D eigenvalue weighted by Crippen LogP contribution is 2.24. The van der Waals surface area contributed by atoms with E-state index in [2.05, 4.69) is 25.7 Å². The summed E-state index contributed by atoms with van der Waals surface area (Å²) in [6.07, 6.45) is 2.02. The zero-order valence-electron chi connectivity index (χ0n) is 12.8. The number of carbonyl (C=O) groups is 1. The number of hydrogen-bond acceptors (Lipinski definition) is 3. The fourth-order valence-electron chi connectivity index (χ4n) is 2.63. The van der Waals surface area contributed by atoms with Crippen LogP contribution in [0.15, 0.2) is 30.3 Å². The van der Waals surface area contributed by atoms with Gasteiger partial charge in [0.1, 0.15) is 6.61 Å². The highest BCUT2D eigenvalue weighted by Gasteiger charge is 2.32. The minimum atomic E-state index is -0.0530. The lowest BCUT2D eigenvalue weighted by Crippen LogP contribution is -2.49. The summed E-state index contributed by atoms with van der Waals surface area (Å²) in [6, 6.07) is 9.86. The molecule has 3 nitrogen and oxygen atoms in total. The van der Waals surface area contributed by atoms with Crippen LogP contribution in [0.4, 0.5) is 0 Å². The molecule has 110 valence electrons. The van der Waals surface area contributed by atoms with Gasteiger partial charge in [-0.25, -0.2) is 0 Å². The number of esters is 1. The van der Waals surface area contributed by atoms with Crippen LogP contribution in [0, 0.1) is 5.92 Å². The quantitative estimate of drug-likeness (QED) is 0.793. The average molecular weight is 275 g/mol. The van der Waals surface area contributed by atoms with Gasteiger partial charge in [0, 0.05) is 12.1 Å². The molecule has 0 spiro atoms. The molecule has 3 heteroatoms.